The molecule has 0 aliphatic heterocycles. The molecule has 0 aromatic heterocycles. The molecule has 120 valence electrons. The van der Waals surface area contributed by atoms with Gasteiger partial charge in [0.25, 0.3) is 0 Å². The Labute approximate surface area is 141 Å². The van der Waals surface area contributed by atoms with Crippen LogP contribution in [0.15, 0.2) is 91.7 Å². The van der Waals surface area contributed by atoms with Crippen LogP contribution in [-0.4, -0.2) is 6.54 Å². The summed E-state index contributed by atoms with van der Waals surface area (Å²) in [6.45, 7) is 14.7. The SMILES string of the molecule is C=C/C=C(\C=C/C)c1ccc(N(CC)C(/C=C\C)=C/C=C)cc1. The van der Waals surface area contributed by atoms with Gasteiger partial charge in [-0.05, 0) is 56.2 Å². The summed E-state index contributed by atoms with van der Waals surface area (Å²) in [4.78, 5) is 2.26. The first-order chi connectivity index (χ1) is 11.2. The molecule has 0 unspecified atom stereocenters. The van der Waals surface area contributed by atoms with E-state index in [-0.39, 0.29) is 0 Å². The molecular formula is C22H27N. The Morgan fingerprint density at radius 1 is 0.957 bits per heavy atom. The van der Waals surface area contributed by atoms with Crippen LogP contribution in [-0.2, 0) is 0 Å². The fraction of sp³-hybridized carbons (Fsp3) is 0.182. The van der Waals surface area contributed by atoms with E-state index in [0.29, 0.717) is 0 Å². The van der Waals surface area contributed by atoms with Crippen molar-refractivity contribution in [2.45, 2.75) is 20.8 Å². The second-order valence-electron chi connectivity index (χ2n) is 4.98. The van der Waals surface area contributed by atoms with E-state index in [4.69, 9.17) is 0 Å². The molecule has 0 aliphatic carbocycles. The number of likely N-dealkylation sites (N-methyl/N-ethyl adjacent to an activating group) is 1. The van der Waals surface area contributed by atoms with Crippen molar-refractivity contribution in [3.8, 4) is 0 Å². The van der Waals surface area contributed by atoms with E-state index in [0.717, 1.165) is 17.8 Å². The molecule has 0 bridgehead atoms. The largest absolute Gasteiger partial charge is 0.342 e. The highest BCUT2D eigenvalue weighted by Crippen LogP contribution is 2.24. The highest BCUT2D eigenvalue weighted by Gasteiger charge is 2.07. The van der Waals surface area contributed by atoms with Crippen molar-refractivity contribution in [3.63, 3.8) is 0 Å². The summed E-state index contributed by atoms with van der Waals surface area (Å²) in [5.74, 6) is 0. The minimum Gasteiger partial charge on any atom is -0.342 e. The van der Waals surface area contributed by atoms with Gasteiger partial charge in [-0.25, -0.2) is 0 Å². The number of rotatable bonds is 8. The number of anilines is 1. The molecule has 1 nitrogen and oxygen atoms in total. The van der Waals surface area contributed by atoms with E-state index in [9.17, 15) is 0 Å². The van der Waals surface area contributed by atoms with Gasteiger partial charge in [0.05, 0.1) is 0 Å². The van der Waals surface area contributed by atoms with Crippen molar-refractivity contribution in [3.05, 3.63) is 97.3 Å². The molecule has 0 amide bonds. The molecule has 0 saturated heterocycles. The van der Waals surface area contributed by atoms with E-state index in [1.165, 1.54) is 11.3 Å². The molecule has 0 atom stereocenters. The Hall–Kier alpha value is -2.54. The van der Waals surface area contributed by atoms with Crippen LogP contribution in [0.25, 0.3) is 5.57 Å². The van der Waals surface area contributed by atoms with Gasteiger partial charge in [0, 0.05) is 17.9 Å². The van der Waals surface area contributed by atoms with Crippen molar-refractivity contribution in [2.75, 3.05) is 11.4 Å². The molecule has 1 aromatic carbocycles. The second-order valence-corrected chi connectivity index (χ2v) is 4.98. The summed E-state index contributed by atoms with van der Waals surface area (Å²) in [6.07, 6.45) is 16.0. The average molecular weight is 305 g/mol. The Balaban J connectivity index is 3.19. The third kappa shape index (κ3) is 5.30. The number of hydrogen-bond acceptors (Lipinski definition) is 1. The van der Waals surface area contributed by atoms with Crippen LogP contribution in [0.1, 0.15) is 26.3 Å². The highest BCUT2D eigenvalue weighted by molar-refractivity contribution is 5.76. The second kappa shape index (κ2) is 10.2. The van der Waals surface area contributed by atoms with Gasteiger partial charge in [0.15, 0.2) is 0 Å². The lowest BCUT2D eigenvalue weighted by Crippen LogP contribution is -2.20. The summed E-state index contributed by atoms with van der Waals surface area (Å²) < 4.78 is 0. The molecule has 0 radical (unpaired) electrons. The fourth-order valence-electron chi connectivity index (χ4n) is 2.43. The minimum atomic E-state index is 0.896. The van der Waals surface area contributed by atoms with Gasteiger partial charge in [0.2, 0.25) is 0 Å². The standard InChI is InChI=1S/C22H27N/c1-6-11-19(12-7-2)20-15-17-22(18-16-20)23(10-5)21(13-8-3)14-9-4/h6-9,11-18H,1,3,10H2,2,4-5H3/b12-7-,14-9-,19-11+,21-13+. The monoisotopic (exact) mass is 305 g/mol. The third-order valence-corrected chi connectivity index (χ3v) is 3.41. The normalized spacial score (nSPS) is 12.8. The number of hydrogen-bond donors (Lipinski definition) is 0. The number of allylic oxidation sites excluding steroid dienone is 9. The Morgan fingerprint density at radius 3 is 2.04 bits per heavy atom. The van der Waals surface area contributed by atoms with Gasteiger partial charge in [-0.15, -0.1) is 0 Å². The predicted octanol–water partition coefficient (Wildman–Crippen LogP) is 6.30. The molecule has 0 spiro atoms. The lowest BCUT2D eigenvalue weighted by molar-refractivity contribution is 0.978. The van der Waals surface area contributed by atoms with Gasteiger partial charge in [0.1, 0.15) is 0 Å². The van der Waals surface area contributed by atoms with E-state index in [1.54, 1.807) is 0 Å². The van der Waals surface area contributed by atoms with Gasteiger partial charge in [-0.1, -0.05) is 61.7 Å². The molecule has 0 heterocycles. The topological polar surface area (TPSA) is 3.24 Å². The number of benzene rings is 1. The van der Waals surface area contributed by atoms with Crippen LogP contribution >= 0.6 is 0 Å². The van der Waals surface area contributed by atoms with E-state index in [1.807, 2.05) is 50.3 Å². The predicted molar refractivity (Wildman–Crippen MR) is 106 cm³/mol. The van der Waals surface area contributed by atoms with Crippen molar-refractivity contribution < 1.29 is 0 Å². The van der Waals surface area contributed by atoms with Gasteiger partial charge < -0.3 is 4.90 Å². The minimum absolute atomic E-state index is 0.896. The van der Waals surface area contributed by atoms with Crippen molar-refractivity contribution in [1.29, 1.82) is 0 Å². The van der Waals surface area contributed by atoms with Crippen LogP contribution in [0, 0.1) is 0 Å². The molecule has 23 heavy (non-hydrogen) atoms. The summed E-state index contributed by atoms with van der Waals surface area (Å²) in [6, 6.07) is 8.60. The maximum Gasteiger partial charge on any atom is 0.0411 e. The first kappa shape index (κ1) is 18.5. The van der Waals surface area contributed by atoms with Crippen LogP contribution in [0.5, 0.6) is 0 Å². The molecule has 0 aliphatic rings. The van der Waals surface area contributed by atoms with Crippen LogP contribution < -0.4 is 4.90 Å². The maximum absolute atomic E-state index is 3.81. The Morgan fingerprint density at radius 2 is 1.57 bits per heavy atom. The average Bonchev–Trinajstić information content (AvgIpc) is 2.56. The van der Waals surface area contributed by atoms with E-state index >= 15 is 0 Å². The zero-order valence-electron chi connectivity index (χ0n) is 14.5. The van der Waals surface area contributed by atoms with Crippen LogP contribution in [0.2, 0.25) is 0 Å². The van der Waals surface area contributed by atoms with Gasteiger partial charge in [-0.3, -0.25) is 0 Å². The van der Waals surface area contributed by atoms with Gasteiger partial charge in [-0.2, -0.15) is 0 Å². The summed E-state index contributed by atoms with van der Waals surface area (Å²) in [7, 11) is 0. The molecule has 1 heteroatoms. The van der Waals surface area contributed by atoms with Crippen molar-refractivity contribution in [1.82, 2.24) is 0 Å². The highest BCUT2D eigenvalue weighted by atomic mass is 15.1. The van der Waals surface area contributed by atoms with Crippen LogP contribution in [0.3, 0.4) is 0 Å². The van der Waals surface area contributed by atoms with Crippen molar-refractivity contribution >= 4 is 11.3 Å². The Kier molecular flexibility index (Phi) is 8.23. The first-order valence-corrected chi connectivity index (χ1v) is 8.00. The zero-order chi connectivity index (χ0) is 17.1. The summed E-state index contributed by atoms with van der Waals surface area (Å²) >= 11 is 0. The lowest BCUT2D eigenvalue weighted by atomic mass is 10.0. The lowest BCUT2D eigenvalue weighted by Gasteiger charge is -2.24. The summed E-state index contributed by atoms with van der Waals surface area (Å²) in [5, 5.41) is 0. The molecule has 0 N–H and O–H groups in total. The van der Waals surface area contributed by atoms with E-state index in [2.05, 4.69) is 61.4 Å². The first-order valence-electron chi connectivity index (χ1n) is 8.00. The quantitative estimate of drug-likeness (QED) is 0.509. The smallest absolute Gasteiger partial charge is 0.0411 e. The maximum atomic E-state index is 3.81. The van der Waals surface area contributed by atoms with Crippen molar-refractivity contribution in [2.24, 2.45) is 0 Å². The molecule has 0 fully saturated rings. The van der Waals surface area contributed by atoms with E-state index < -0.39 is 0 Å². The molecule has 1 rings (SSSR count). The molecule has 1 aromatic rings. The zero-order valence-corrected chi connectivity index (χ0v) is 14.5. The van der Waals surface area contributed by atoms with Crippen LogP contribution in [0.4, 0.5) is 5.69 Å². The fourth-order valence-corrected chi connectivity index (χ4v) is 2.43. The Bertz CT molecular complexity index is 624. The molecule has 0 saturated carbocycles. The summed E-state index contributed by atoms with van der Waals surface area (Å²) in [5.41, 5.74) is 4.64. The van der Waals surface area contributed by atoms with Gasteiger partial charge >= 0.3 is 0 Å². The third-order valence-electron chi connectivity index (χ3n) is 3.41. The number of nitrogens with zero attached hydrogens (tertiary/aromatic N) is 1. The molecular weight excluding hydrogens is 278 g/mol.